The number of ether oxygens (including phenoxy) is 2. The highest BCUT2D eigenvalue weighted by atomic mass is 16.5. The van der Waals surface area contributed by atoms with E-state index in [0.29, 0.717) is 0 Å². The van der Waals surface area contributed by atoms with Gasteiger partial charge in [0.1, 0.15) is 12.2 Å². The Hall–Kier alpha value is -2.72. The van der Waals surface area contributed by atoms with E-state index in [2.05, 4.69) is 24.1 Å². The van der Waals surface area contributed by atoms with Crippen LogP contribution in [0, 0.1) is 70.4 Å². The minimum atomic E-state index is -0.603. The van der Waals surface area contributed by atoms with Gasteiger partial charge >= 0.3 is 11.9 Å². The Labute approximate surface area is 213 Å². The van der Waals surface area contributed by atoms with Gasteiger partial charge in [0, 0.05) is 10.8 Å². The molecule has 0 aliphatic heterocycles. The summed E-state index contributed by atoms with van der Waals surface area (Å²) in [5.41, 5.74) is 0.388. The summed E-state index contributed by atoms with van der Waals surface area (Å²) < 4.78 is 10.8. The molecule has 8 bridgehead atoms. The second-order valence-corrected chi connectivity index (χ2v) is 13.2. The molecule has 8 aliphatic rings. The fourth-order valence-corrected chi connectivity index (χ4v) is 9.84. The lowest BCUT2D eigenvalue weighted by Crippen LogP contribution is -2.45. The summed E-state index contributed by atoms with van der Waals surface area (Å²) in [5, 5.41) is 0. The van der Waals surface area contributed by atoms with Crippen molar-refractivity contribution in [3.05, 3.63) is 35.4 Å². The fraction of sp³-hybridized carbons (Fsp3) is 0.625. The Morgan fingerprint density at radius 1 is 0.583 bits per heavy atom. The van der Waals surface area contributed by atoms with Gasteiger partial charge in [-0.25, -0.2) is 9.59 Å². The largest absolute Gasteiger partial charge is 0.368 e. The number of esters is 2. The first-order chi connectivity index (χ1) is 17.5. The Kier molecular flexibility index (Phi) is 5.25. The maximum Gasteiger partial charge on any atom is 0.352 e. The van der Waals surface area contributed by atoms with Gasteiger partial charge in [-0.3, -0.25) is 0 Å². The highest BCUT2D eigenvalue weighted by Crippen LogP contribution is 2.60. The van der Waals surface area contributed by atoms with Crippen molar-refractivity contribution in [3.8, 4) is 24.1 Å². The van der Waals surface area contributed by atoms with Crippen LogP contribution in [-0.2, 0) is 9.47 Å². The van der Waals surface area contributed by atoms with Crippen molar-refractivity contribution >= 4 is 11.9 Å². The van der Waals surface area contributed by atoms with Gasteiger partial charge in [0.25, 0.3) is 0 Å². The highest BCUT2D eigenvalue weighted by Gasteiger charge is 2.51. The molecule has 0 aromatic heterocycles. The lowest BCUT2D eigenvalue weighted by molar-refractivity contribution is -0.0187. The maximum absolute atomic E-state index is 12.9. The van der Waals surface area contributed by atoms with Crippen LogP contribution in [0.1, 0.15) is 97.8 Å². The van der Waals surface area contributed by atoms with Crippen molar-refractivity contribution in [1.29, 1.82) is 0 Å². The summed E-state index contributed by atoms with van der Waals surface area (Å²) in [6.07, 6.45) is 20.4. The summed E-state index contributed by atoms with van der Waals surface area (Å²) in [4.78, 5) is 25.8. The molecule has 0 atom stereocenters. The van der Waals surface area contributed by atoms with Crippen LogP contribution in [0.3, 0.4) is 0 Å². The number of benzene rings is 1. The number of hydrogen-bond donors (Lipinski definition) is 0. The second kappa shape index (κ2) is 8.41. The number of carbonyl (C=O) groups is 2. The first-order valence-electron chi connectivity index (χ1n) is 14.0. The van der Waals surface area contributed by atoms with E-state index < -0.39 is 11.9 Å². The van der Waals surface area contributed by atoms with E-state index in [1.165, 1.54) is 38.5 Å². The van der Waals surface area contributed by atoms with Gasteiger partial charge in [-0.1, -0.05) is 24.0 Å². The van der Waals surface area contributed by atoms with Crippen molar-refractivity contribution < 1.29 is 19.1 Å². The SMILES string of the molecule is O=C(OC#CC12CC3CC(CC(C3)C1)C2)c1ccccc1C(=O)OC#CC12CC3CC(CC(C3)C1)C2. The molecule has 9 rings (SSSR count). The Balaban J connectivity index is 1.02. The molecule has 0 radical (unpaired) electrons. The molecule has 186 valence electrons. The van der Waals surface area contributed by atoms with E-state index >= 15 is 0 Å². The zero-order valence-electron chi connectivity index (χ0n) is 20.9. The van der Waals surface area contributed by atoms with Crippen LogP contribution in [0.2, 0.25) is 0 Å². The third kappa shape index (κ3) is 4.04. The van der Waals surface area contributed by atoms with Gasteiger partial charge in [-0.05, 0) is 125 Å². The monoisotopic (exact) mass is 482 g/mol. The summed E-state index contributed by atoms with van der Waals surface area (Å²) in [6, 6.07) is 6.64. The van der Waals surface area contributed by atoms with E-state index in [1.54, 1.807) is 24.3 Å². The molecule has 0 heterocycles. The van der Waals surface area contributed by atoms with Crippen LogP contribution in [0.25, 0.3) is 0 Å². The predicted octanol–water partition coefficient (Wildman–Crippen LogP) is 6.35. The average Bonchev–Trinajstić information content (AvgIpc) is 2.82. The minimum Gasteiger partial charge on any atom is -0.368 e. The zero-order chi connectivity index (χ0) is 24.3. The quantitative estimate of drug-likeness (QED) is 0.364. The predicted molar refractivity (Wildman–Crippen MR) is 134 cm³/mol. The Morgan fingerprint density at radius 3 is 1.19 bits per heavy atom. The second-order valence-electron chi connectivity index (χ2n) is 13.2. The van der Waals surface area contributed by atoms with Gasteiger partial charge in [0.15, 0.2) is 0 Å². The summed E-state index contributed by atoms with van der Waals surface area (Å²) >= 11 is 0. The molecule has 36 heavy (non-hydrogen) atoms. The molecule has 8 fully saturated rings. The van der Waals surface area contributed by atoms with Crippen molar-refractivity contribution in [3.63, 3.8) is 0 Å². The lowest BCUT2D eigenvalue weighted by Gasteiger charge is -2.54. The molecule has 0 amide bonds. The van der Waals surface area contributed by atoms with Crippen LogP contribution in [0.5, 0.6) is 0 Å². The molecule has 8 saturated carbocycles. The van der Waals surface area contributed by atoms with Gasteiger partial charge < -0.3 is 9.47 Å². The van der Waals surface area contributed by atoms with Crippen molar-refractivity contribution in [2.45, 2.75) is 77.0 Å². The zero-order valence-corrected chi connectivity index (χ0v) is 20.9. The first-order valence-corrected chi connectivity index (χ1v) is 14.0. The van der Waals surface area contributed by atoms with Gasteiger partial charge in [-0.15, -0.1) is 0 Å². The molecule has 0 N–H and O–H groups in total. The van der Waals surface area contributed by atoms with E-state index in [1.807, 2.05) is 0 Å². The topological polar surface area (TPSA) is 52.6 Å². The van der Waals surface area contributed by atoms with Gasteiger partial charge in [0.2, 0.25) is 0 Å². The van der Waals surface area contributed by atoms with Gasteiger partial charge in [0.05, 0.1) is 11.1 Å². The van der Waals surface area contributed by atoms with E-state index in [4.69, 9.17) is 9.47 Å². The van der Waals surface area contributed by atoms with Crippen molar-refractivity contribution in [1.82, 2.24) is 0 Å². The molecule has 0 spiro atoms. The third-order valence-electron chi connectivity index (χ3n) is 10.4. The highest BCUT2D eigenvalue weighted by molar-refractivity contribution is 6.03. The first kappa shape index (κ1) is 22.5. The summed E-state index contributed by atoms with van der Waals surface area (Å²) in [6.45, 7) is 0. The van der Waals surface area contributed by atoms with Crippen LogP contribution in [0.4, 0.5) is 0 Å². The van der Waals surface area contributed by atoms with Crippen LogP contribution in [0.15, 0.2) is 24.3 Å². The maximum atomic E-state index is 12.9. The van der Waals surface area contributed by atoms with Crippen LogP contribution < -0.4 is 0 Å². The molecule has 1 aromatic rings. The van der Waals surface area contributed by atoms with Crippen LogP contribution >= 0.6 is 0 Å². The fourth-order valence-electron chi connectivity index (χ4n) is 9.84. The van der Waals surface area contributed by atoms with E-state index in [9.17, 15) is 9.59 Å². The molecule has 0 saturated heterocycles. The molecular weight excluding hydrogens is 448 g/mol. The normalized spacial score (nSPS) is 40.6. The molecular formula is C32H34O4. The minimum absolute atomic E-state index is 0.0142. The number of rotatable bonds is 2. The average molecular weight is 483 g/mol. The number of hydrogen-bond acceptors (Lipinski definition) is 4. The molecule has 4 nitrogen and oxygen atoms in total. The Morgan fingerprint density at radius 2 is 0.889 bits per heavy atom. The van der Waals surface area contributed by atoms with Gasteiger partial charge in [-0.2, -0.15) is 0 Å². The third-order valence-corrected chi connectivity index (χ3v) is 10.4. The van der Waals surface area contributed by atoms with Crippen molar-refractivity contribution in [2.75, 3.05) is 0 Å². The molecule has 8 aliphatic carbocycles. The molecule has 4 heteroatoms. The standard InChI is InChI=1S/C32H34O4/c33-29(35-7-5-31-15-21-9-22(16-31)11-23(10-21)17-31)27-3-1-2-4-28(27)30(34)36-8-6-32-18-24-12-25(19-32)14-26(13-24)20-32/h1-4,21-26H,9-20H2. The molecule has 1 aromatic carbocycles. The van der Waals surface area contributed by atoms with E-state index in [0.717, 1.165) is 74.0 Å². The Bertz CT molecular complexity index is 1050. The summed E-state index contributed by atoms with van der Waals surface area (Å²) in [7, 11) is 0. The lowest BCUT2D eigenvalue weighted by atomic mass is 9.50. The van der Waals surface area contributed by atoms with E-state index in [-0.39, 0.29) is 22.0 Å². The van der Waals surface area contributed by atoms with Crippen LogP contribution in [-0.4, -0.2) is 11.9 Å². The number of carbonyl (C=O) groups excluding carboxylic acids is 2. The molecule has 0 unspecified atom stereocenters. The summed E-state index contributed by atoms with van der Waals surface area (Å²) in [5.74, 6) is 10.2. The van der Waals surface area contributed by atoms with Crippen molar-refractivity contribution in [2.24, 2.45) is 46.3 Å². The smallest absolute Gasteiger partial charge is 0.352 e.